The number of hydrogen-bond acceptors (Lipinski definition) is 3. The second kappa shape index (κ2) is 4.70. The van der Waals surface area contributed by atoms with Crippen LogP contribution in [0.5, 0.6) is 5.75 Å². The summed E-state index contributed by atoms with van der Waals surface area (Å²) in [7, 11) is 0. The fourth-order valence-electron chi connectivity index (χ4n) is 2.13. The minimum Gasteiger partial charge on any atom is -0.486 e. The van der Waals surface area contributed by atoms with Crippen LogP contribution < -0.4 is 15.4 Å². The Morgan fingerprint density at radius 1 is 1.59 bits per heavy atom. The Morgan fingerprint density at radius 3 is 3.00 bits per heavy atom. The van der Waals surface area contributed by atoms with Gasteiger partial charge in [-0.05, 0) is 31.5 Å². The summed E-state index contributed by atoms with van der Waals surface area (Å²) in [5.41, 5.74) is 8.84. The highest BCUT2D eigenvalue weighted by molar-refractivity contribution is 5.66. The third kappa shape index (κ3) is 2.54. The summed E-state index contributed by atoms with van der Waals surface area (Å²) in [5, 5.41) is 0. The molecule has 2 rings (SSSR count). The van der Waals surface area contributed by atoms with E-state index in [1.165, 1.54) is 0 Å². The summed E-state index contributed by atoms with van der Waals surface area (Å²) in [5.74, 6) is 0.929. The van der Waals surface area contributed by atoms with Crippen LogP contribution in [-0.2, 0) is 0 Å². The number of hydrogen-bond donors (Lipinski definition) is 1. The van der Waals surface area contributed by atoms with Crippen LogP contribution in [0.15, 0.2) is 30.4 Å². The van der Waals surface area contributed by atoms with Gasteiger partial charge in [-0.15, -0.1) is 0 Å². The van der Waals surface area contributed by atoms with Gasteiger partial charge in [0.1, 0.15) is 11.9 Å². The van der Waals surface area contributed by atoms with E-state index in [4.69, 9.17) is 10.5 Å². The van der Waals surface area contributed by atoms with Gasteiger partial charge in [0, 0.05) is 12.2 Å². The molecule has 0 bridgehead atoms. The molecule has 0 spiro atoms. The molecule has 17 heavy (non-hydrogen) atoms. The van der Waals surface area contributed by atoms with Crippen molar-refractivity contribution in [1.29, 1.82) is 0 Å². The summed E-state index contributed by atoms with van der Waals surface area (Å²) < 4.78 is 5.92. The van der Waals surface area contributed by atoms with Gasteiger partial charge >= 0.3 is 0 Å². The molecule has 1 aromatic rings. The fourth-order valence-corrected chi connectivity index (χ4v) is 2.13. The predicted molar refractivity (Wildman–Crippen MR) is 72.6 cm³/mol. The molecule has 2 N–H and O–H groups in total. The average molecular weight is 232 g/mol. The van der Waals surface area contributed by atoms with E-state index in [1.54, 1.807) is 0 Å². The number of nitrogens with two attached hydrogens (primary N) is 1. The fraction of sp³-hybridized carbons (Fsp3) is 0.429. The lowest BCUT2D eigenvalue weighted by atomic mass is 10.1. The van der Waals surface area contributed by atoms with Crippen molar-refractivity contribution >= 4 is 11.4 Å². The van der Waals surface area contributed by atoms with E-state index in [-0.39, 0.29) is 6.10 Å². The normalized spacial score (nSPS) is 18.5. The Hall–Kier alpha value is -1.64. The molecule has 0 saturated carbocycles. The minimum atomic E-state index is 0.255. The first kappa shape index (κ1) is 11.8. The van der Waals surface area contributed by atoms with Gasteiger partial charge in [-0.1, -0.05) is 19.1 Å². The first-order valence-corrected chi connectivity index (χ1v) is 6.05. The van der Waals surface area contributed by atoms with Crippen molar-refractivity contribution in [3.05, 3.63) is 30.4 Å². The molecule has 0 saturated heterocycles. The summed E-state index contributed by atoms with van der Waals surface area (Å²) >= 11 is 0. The first-order valence-electron chi connectivity index (χ1n) is 6.05. The molecule has 1 aliphatic heterocycles. The molecule has 1 unspecified atom stereocenters. The number of nitrogens with zero attached hydrogens (tertiary/aromatic N) is 1. The number of fused-ring (bicyclic) bond motifs is 1. The predicted octanol–water partition coefficient (Wildman–Crippen LogP) is 2.82. The van der Waals surface area contributed by atoms with Crippen LogP contribution in [-0.4, -0.2) is 19.2 Å². The van der Waals surface area contributed by atoms with Crippen molar-refractivity contribution in [3.63, 3.8) is 0 Å². The maximum absolute atomic E-state index is 5.92. The van der Waals surface area contributed by atoms with E-state index in [9.17, 15) is 0 Å². The standard InChI is InChI=1S/C14H20N2O/c1-4-12-9-16(8-10(2)3)13-7-11(15)5-6-14(13)17-12/h5-7,12H,2,4,8-9,15H2,1,3H3. The zero-order chi connectivity index (χ0) is 12.4. The van der Waals surface area contributed by atoms with Crippen LogP contribution in [0.4, 0.5) is 11.4 Å². The van der Waals surface area contributed by atoms with E-state index in [2.05, 4.69) is 18.4 Å². The van der Waals surface area contributed by atoms with Crippen molar-refractivity contribution in [3.8, 4) is 5.75 Å². The van der Waals surface area contributed by atoms with Gasteiger partial charge in [0.05, 0.1) is 12.2 Å². The Bertz CT molecular complexity index is 428. The van der Waals surface area contributed by atoms with Gasteiger partial charge in [-0.2, -0.15) is 0 Å². The molecule has 0 fully saturated rings. The molecule has 1 heterocycles. The molecule has 92 valence electrons. The third-order valence-electron chi connectivity index (χ3n) is 2.96. The van der Waals surface area contributed by atoms with Crippen molar-refractivity contribution in [2.24, 2.45) is 0 Å². The number of rotatable bonds is 3. The molecular formula is C14H20N2O. The van der Waals surface area contributed by atoms with E-state index in [1.807, 2.05) is 25.1 Å². The smallest absolute Gasteiger partial charge is 0.143 e. The highest BCUT2D eigenvalue weighted by atomic mass is 16.5. The lowest BCUT2D eigenvalue weighted by Crippen LogP contribution is -2.40. The SMILES string of the molecule is C=C(C)CN1CC(CC)Oc2ccc(N)cc21. The van der Waals surface area contributed by atoms with Gasteiger partial charge in [-0.3, -0.25) is 0 Å². The van der Waals surface area contributed by atoms with Gasteiger partial charge in [0.25, 0.3) is 0 Å². The summed E-state index contributed by atoms with van der Waals surface area (Å²) in [6, 6.07) is 5.82. The van der Waals surface area contributed by atoms with Gasteiger partial charge in [0.15, 0.2) is 0 Å². The van der Waals surface area contributed by atoms with Crippen molar-refractivity contribution in [2.75, 3.05) is 23.7 Å². The molecule has 0 amide bonds. The number of ether oxygens (including phenoxy) is 1. The minimum absolute atomic E-state index is 0.255. The Kier molecular flexibility index (Phi) is 3.27. The molecule has 0 radical (unpaired) electrons. The lowest BCUT2D eigenvalue weighted by Gasteiger charge is -2.36. The number of nitrogen functional groups attached to an aromatic ring is 1. The molecule has 3 heteroatoms. The summed E-state index contributed by atoms with van der Waals surface area (Å²) in [6.45, 7) is 9.93. The second-order valence-electron chi connectivity index (χ2n) is 4.71. The van der Waals surface area contributed by atoms with Crippen molar-refractivity contribution in [1.82, 2.24) is 0 Å². The zero-order valence-corrected chi connectivity index (χ0v) is 10.6. The molecule has 1 atom stereocenters. The maximum atomic E-state index is 5.92. The molecular weight excluding hydrogens is 212 g/mol. The quantitative estimate of drug-likeness (QED) is 0.643. The molecule has 1 aliphatic rings. The molecule has 1 aromatic carbocycles. The number of anilines is 2. The highest BCUT2D eigenvalue weighted by Crippen LogP contribution is 2.35. The van der Waals surface area contributed by atoms with Crippen LogP contribution >= 0.6 is 0 Å². The van der Waals surface area contributed by atoms with E-state index < -0.39 is 0 Å². The largest absolute Gasteiger partial charge is 0.486 e. The summed E-state index contributed by atoms with van der Waals surface area (Å²) in [6.07, 6.45) is 1.27. The van der Waals surface area contributed by atoms with Crippen LogP contribution in [0.3, 0.4) is 0 Å². The third-order valence-corrected chi connectivity index (χ3v) is 2.96. The molecule has 0 aromatic heterocycles. The van der Waals surface area contributed by atoms with Crippen LogP contribution in [0.25, 0.3) is 0 Å². The van der Waals surface area contributed by atoms with Crippen molar-refractivity contribution < 1.29 is 4.74 Å². The molecule has 0 aliphatic carbocycles. The topological polar surface area (TPSA) is 38.5 Å². The first-order chi connectivity index (χ1) is 8.10. The Balaban J connectivity index is 2.33. The Labute approximate surface area is 103 Å². The van der Waals surface area contributed by atoms with Crippen LogP contribution in [0.1, 0.15) is 20.3 Å². The molecule has 3 nitrogen and oxygen atoms in total. The van der Waals surface area contributed by atoms with Crippen LogP contribution in [0.2, 0.25) is 0 Å². The van der Waals surface area contributed by atoms with Gasteiger partial charge < -0.3 is 15.4 Å². The van der Waals surface area contributed by atoms with Gasteiger partial charge in [0.2, 0.25) is 0 Å². The summed E-state index contributed by atoms with van der Waals surface area (Å²) in [4.78, 5) is 2.30. The average Bonchev–Trinajstić information content (AvgIpc) is 2.28. The maximum Gasteiger partial charge on any atom is 0.143 e. The highest BCUT2D eigenvalue weighted by Gasteiger charge is 2.24. The second-order valence-corrected chi connectivity index (χ2v) is 4.71. The van der Waals surface area contributed by atoms with Crippen LogP contribution in [0, 0.1) is 0 Å². The van der Waals surface area contributed by atoms with E-state index >= 15 is 0 Å². The monoisotopic (exact) mass is 232 g/mol. The lowest BCUT2D eigenvalue weighted by molar-refractivity contribution is 0.190. The Morgan fingerprint density at radius 2 is 2.35 bits per heavy atom. The van der Waals surface area contributed by atoms with Gasteiger partial charge in [-0.25, -0.2) is 0 Å². The number of benzene rings is 1. The zero-order valence-electron chi connectivity index (χ0n) is 10.6. The van der Waals surface area contributed by atoms with Crippen molar-refractivity contribution in [2.45, 2.75) is 26.4 Å². The van der Waals surface area contributed by atoms with E-state index in [0.717, 1.165) is 42.2 Å². The van der Waals surface area contributed by atoms with E-state index in [0.29, 0.717) is 0 Å².